The summed E-state index contributed by atoms with van der Waals surface area (Å²) in [5, 5.41) is 31.7. The van der Waals surface area contributed by atoms with Crippen molar-refractivity contribution in [2.24, 2.45) is 5.92 Å². The summed E-state index contributed by atoms with van der Waals surface area (Å²) in [6.07, 6.45) is 2.48. The molecule has 2 fully saturated rings. The highest BCUT2D eigenvalue weighted by molar-refractivity contribution is 5.88. The molecule has 0 bridgehead atoms. The highest BCUT2D eigenvalue weighted by Gasteiger charge is 2.34. The molecule has 0 radical (unpaired) electrons. The number of aromatic hydroxyl groups is 2. The second-order valence-corrected chi connectivity index (χ2v) is 8.84. The molecule has 2 aliphatic rings. The summed E-state index contributed by atoms with van der Waals surface area (Å²) in [7, 11) is 3.30. The monoisotopic (exact) mass is 431 g/mol. The minimum Gasteiger partial charge on any atom is -0.507 e. The van der Waals surface area contributed by atoms with Crippen molar-refractivity contribution in [3.05, 3.63) is 33.7 Å². The van der Waals surface area contributed by atoms with Crippen LogP contribution in [0.5, 0.6) is 11.5 Å². The molecule has 1 saturated heterocycles. The van der Waals surface area contributed by atoms with Gasteiger partial charge < -0.3 is 29.4 Å². The van der Waals surface area contributed by atoms with Crippen molar-refractivity contribution in [2.45, 2.75) is 50.0 Å². The Balaban J connectivity index is 1.75. The van der Waals surface area contributed by atoms with Crippen LogP contribution in [0.2, 0.25) is 0 Å². The van der Waals surface area contributed by atoms with Gasteiger partial charge in [-0.2, -0.15) is 0 Å². The first kappa shape index (κ1) is 21.6. The normalized spacial score (nSPS) is 27.3. The Hall–Kier alpha value is -2.58. The van der Waals surface area contributed by atoms with E-state index < -0.39 is 12.0 Å². The Morgan fingerprint density at radius 1 is 1.13 bits per heavy atom. The molecule has 1 aliphatic heterocycles. The van der Waals surface area contributed by atoms with Gasteiger partial charge in [-0.25, -0.2) is 0 Å². The standard InChI is InChI=1S/C23H29NO7/c1-24-8-7-14(18(28)11-24)20-15(25)9-16(26)21-17(27)10-19(31-22(20)21)12-3-5-13(6-4-12)23(29)30-2/h9-10,12-14,18,25-26,28H,3-8,11H2,1-2H3/t12?,13?,14-,18+/m0/s1. The van der Waals surface area contributed by atoms with Crippen molar-refractivity contribution in [2.75, 3.05) is 27.2 Å². The molecule has 1 aliphatic carbocycles. The zero-order valence-corrected chi connectivity index (χ0v) is 17.8. The molecule has 1 aromatic heterocycles. The number of likely N-dealkylation sites (N-methyl/N-ethyl adjacent to an activating group) is 1. The minimum atomic E-state index is -0.734. The van der Waals surface area contributed by atoms with Gasteiger partial charge in [0.25, 0.3) is 0 Å². The highest BCUT2D eigenvalue weighted by Crippen LogP contribution is 2.43. The van der Waals surface area contributed by atoms with E-state index in [1.807, 2.05) is 11.9 Å². The van der Waals surface area contributed by atoms with Crippen LogP contribution in [0.15, 0.2) is 21.3 Å². The van der Waals surface area contributed by atoms with Gasteiger partial charge in [-0.15, -0.1) is 0 Å². The predicted octanol–water partition coefficient (Wildman–Crippen LogP) is 2.43. The maximum atomic E-state index is 12.9. The molecule has 31 heavy (non-hydrogen) atoms. The number of aliphatic hydroxyl groups is 1. The number of phenolic OH excluding ortho intramolecular Hbond substituents is 2. The number of aliphatic hydroxyl groups excluding tert-OH is 1. The van der Waals surface area contributed by atoms with Crippen molar-refractivity contribution in [3.8, 4) is 11.5 Å². The number of hydrogen-bond donors (Lipinski definition) is 3. The van der Waals surface area contributed by atoms with E-state index in [1.54, 1.807) is 0 Å². The molecule has 4 rings (SSSR count). The number of nitrogens with zero attached hydrogens (tertiary/aromatic N) is 1. The summed E-state index contributed by atoms with van der Waals surface area (Å²) >= 11 is 0. The summed E-state index contributed by atoms with van der Waals surface area (Å²) in [4.78, 5) is 26.7. The number of likely N-dealkylation sites (tertiary alicyclic amines) is 1. The lowest BCUT2D eigenvalue weighted by atomic mass is 9.80. The van der Waals surface area contributed by atoms with Crippen molar-refractivity contribution >= 4 is 16.9 Å². The second kappa shape index (κ2) is 8.51. The van der Waals surface area contributed by atoms with Gasteiger partial charge in [0, 0.05) is 36.1 Å². The number of fused-ring (bicyclic) bond motifs is 1. The van der Waals surface area contributed by atoms with Crippen LogP contribution < -0.4 is 5.43 Å². The molecular weight excluding hydrogens is 402 g/mol. The Labute approximate surface area is 180 Å². The van der Waals surface area contributed by atoms with Crippen LogP contribution in [0.1, 0.15) is 55.3 Å². The molecule has 168 valence electrons. The number of methoxy groups -OCH3 is 1. The summed E-state index contributed by atoms with van der Waals surface area (Å²) in [6.45, 7) is 1.17. The SMILES string of the molecule is COC(=O)C1CCC(c2cc(=O)c3c(O)cc(O)c([C@H]4CCN(C)C[C@H]4O)c3o2)CC1. The van der Waals surface area contributed by atoms with E-state index in [9.17, 15) is 24.9 Å². The molecule has 0 spiro atoms. The summed E-state index contributed by atoms with van der Waals surface area (Å²) in [5.41, 5.74) is 0.131. The maximum absolute atomic E-state index is 12.9. The first-order chi connectivity index (χ1) is 14.8. The fourth-order valence-corrected chi connectivity index (χ4v) is 5.11. The van der Waals surface area contributed by atoms with Crippen LogP contribution in [0, 0.1) is 5.92 Å². The largest absolute Gasteiger partial charge is 0.507 e. The van der Waals surface area contributed by atoms with E-state index in [4.69, 9.17) is 9.15 Å². The molecule has 8 heteroatoms. The van der Waals surface area contributed by atoms with Crippen molar-refractivity contribution in [3.63, 3.8) is 0 Å². The Morgan fingerprint density at radius 3 is 2.48 bits per heavy atom. The van der Waals surface area contributed by atoms with Gasteiger partial charge in [-0.1, -0.05) is 0 Å². The molecule has 3 N–H and O–H groups in total. The molecule has 0 amide bonds. The fraction of sp³-hybridized carbons (Fsp3) is 0.565. The van der Waals surface area contributed by atoms with Gasteiger partial charge in [0.15, 0.2) is 5.43 Å². The number of esters is 1. The van der Waals surface area contributed by atoms with Gasteiger partial charge in [-0.05, 0) is 45.7 Å². The maximum Gasteiger partial charge on any atom is 0.308 e. The van der Waals surface area contributed by atoms with Gasteiger partial charge in [0.05, 0.1) is 19.1 Å². The number of piperidine rings is 1. The third-order valence-electron chi connectivity index (χ3n) is 6.84. The Kier molecular flexibility index (Phi) is 5.94. The number of carbonyl (C=O) groups excluding carboxylic acids is 1. The molecule has 8 nitrogen and oxygen atoms in total. The van der Waals surface area contributed by atoms with E-state index in [0.29, 0.717) is 50.0 Å². The molecule has 1 saturated carbocycles. The van der Waals surface area contributed by atoms with Gasteiger partial charge >= 0.3 is 5.97 Å². The number of carbonyl (C=O) groups is 1. The van der Waals surface area contributed by atoms with Crippen LogP contribution in [-0.2, 0) is 9.53 Å². The summed E-state index contributed by atoms with van der Waals surface area (Å²) in [5.74, 6) is -0.861. The first-order valence-electron chi connectivity index (χ1n) is 10.8. The van der Waals surface area contributed by atoms with E-state index >= 15 is 0 Å². The minimum absolute atomic E-state index is 0.0194. The molecule has 2 heterocycles. The molecule has 2 atom stereocenters. The average Bonchev–Trinajstić information content (AvgIpc) is 2.74. The highest BCUT2D eigenvalue weighted by atomic mass is 16.5. The van der Waals surface area contributed by atoms with Gasteiger partial charge in [0.2, 0.25) is 0 Å². The zero-order valence-electron chi connectivity index (χ0n) is 17.8. The van der Waals surface area contributed by atoms with Crippen LogP contribution in [0.3, 0.4) is 0 Å². The predicted molar refractivity (Wildman–Crippen MR) is 113 cm³/mol. The van der Waals surface area contributed by atoms with E-state index in [2.05, 4.69) is 0 Å². The molecule has 1 aromatic carbocycles. The molecule has 0 unspecified atom stereocenters. The lowest BCUT2D eigenvalue weighted by Gasteiger charge is -2.34. The number of β-amino-alcohol motifs (C(OH)–C–C–N with tert-alkyl or cyclic N) is 1. The Bertz CT molecular complexity index is 1040. The number of phenols is 2. The zero-order chi connectivity index (χ0) is 22.3. The lowest BCUT2D eigenvalue weighted by molar-refractivity contribution is -0.146. The fourth-order valence-electron chi connectivity index (χ4n) is 5.11. The molecular formula is C23H29NO7. The smallest absolute Gasteiger partial charge is 0.308 e. The van der Waals surface area contributed by atoms with E-state index in [1.165, 1.54) is 13.2 Å². The van der Waals surface area contributed by atoms with E-state index in [0.717, 1.165) is 12.6 Å². The third kappa shape index (κ3) is 4.02. The molecule has 2 aromatic rings. The van der Waals surface area contributed by atoms with E-state index in [-0.39, 0.29) is 45.7 Å². The number of benzene rings is 1. The number of rotatable bonds is 3. The van der Waals surface area contributed by atoms with Gasteiger partial charge in [0.1, 0.15) is 28.2 Å². The first-order valence-corrected chi connectivity index (χ1v) is 10.8. The second-order valence-electron chi connectivity index (χ2n) is 8.84. The summed E-state index contributed by atoms with van der Waals surface area (Å²) in [6, 6.07) is 2.55. The van der Waals surface area contributed by atoms with Crippen molar-refractivity contribution < 1.29 is 29.3 Å². The lowest BCUT2D eigenvalue weighted by Crippen LogP contribution is -2.40. The number of hydrogen-bond acceptors (Lipinski definition) is 8. The average molecular weight is 431 g/mol. The van der Waals surface area contributed by atoms with Gasteiger partial charge in [-0.3, -0.25) is 9.59 Å². The van der Waals surface area contributed by atoms with Crippen LogP contribution in [0.25, 0.3) is 11.0 Å². The van der Waals surface area contributed by atoms with Crippen molar-refractivity contribution in [1.82, 2.24) is 4.90 Å². The van der Waals surface area contributed by atoms with Crippen LogP contribution in [0.4, 0.5) is 0 Å². The number of ether oxygens (including phenoxy) is 1. The topological polar surface area (TPSA) is 120 Å². The summed E-state index contributed by atoms with van der Waals surface area (Å²) < 4.78 is 11.0. The Morgan fingerprint density at radius 2 is 1.84 bits per heavy atom. The quantitative estimate of drug-likeness (QED) is 0.634. The third-order valence-corrected chi connectivity index (χ3v) is 6.84. The van der Waals surface area contributed by atoms with Crippen molar-refractivity contribution in [1.29, 1.82) is 0 Å². The van der Waals surface area contributed by atoms with Crippen LogP contribution >= 0.6 is 0 Å². The van der Waals surface area contributed by atoms with Crippen LogP contribution in [-0.4, -0.2) is 59.5 Å².